The molecule has 1 aliphatic rings. The van der Waals surface area contributed by atoms with Crippen molar-refractivity contribution in [2.75, 3.05) is 18.3 Å². The molecule has 196 valence electrons. The molecular weight excluding hydrogens is 492 g/mol. The lowest BCUT2D eigenvalue weighted by Crippen LogP contribution is -2.12. The van der Waals surface area contributed by atoms with Crippen LogP contribution in [0.4, 0.5) is 11.8 Å². The third kappa shape index (κ3) is 5.26. The second-order valence-corrected chi connectivity index (χ2v) is 9.19. The summed E-state index contributed by atoms with van der Waals surface area (Å²) in [6.07, 6.45) is -0.598. The number of aromatic nitrogens is 2. The predicted molar refractivity (Wildman–Crippen MR) is 149 cm³/mol. The largest absolute Gasteiger partial charge is 0.454 e. The van der Waals surface area contributed by atoms with Crippen LogP contribution in [0.2, 0.25) is 0 Å². The summed E-state index contributed by atoms with van der Waals surface area (Å²) in [5.41, 5.74) is 16.6. The molecule has 5 rings (SSSR count). The number of aliphatic hydroxyl groups excluding tert-OH is 1. The molecule has 2 atom stereocenters. The van der Waals surface area contributed by atoms with Crippen LogP contribution in [0.3, 0.4) is 0 Å². The highest BCUT2D eigenvalue weighted by Crippen LogP contribution is 2.44. The molecule has 0 fully saturated rings. The SMILES string of the molecule is CCc1nc(N)nc(N)c1C#CC(C)c1cc2c(c(-c3ccc(C(=O)[C@H](O)c4ccccc4)cc3)c1)OCO2. The van der Waals surface area contributed by atoms with Gasteiger partial charge in [0.2, 0.25) is 12.7 Å². The molecule has 8 heteroatoms. The Morgan fingerprint density at radius 3 is 2.49 bits per heavy atom. The number of carbonyl (C=O) groups excluding carboxylic acids is 1. The maximum Gasteiger partial charge on any atom is 0.231 e. The van der Waals surface area contributed by atoms with Gasteiger partial charge < -0.3 is 26.0 Å². The van der Waals surface area contributed by atoms with Crippen LogP contribution in [0.1, 0.15) is 58.6 Å². The van der Waals surface area contributed by atoms with E-state index in [1.54, 1.807) is 36.4 Å². The zero-order valence-corrected chi connectivity index (χ0v) is 21.6. The van der Waals surface area contributed by atoms with Crippen molar-refractivity contribution in [1.29, 1.82) is 0 Å². The lowest BCUT2D eigenvalue weighted by Gasteiger charge is -2.13. The van der Waals surface area contributed by atoms with E-state index in [0.29, 0.717) is 40.3 Å². The lowest BCUT2D eigenvalue weighted by molar-refractivity contribution is 0.0747. The molecule has 8 nitrogen and oxygen atoms in total. The maximum atomic E-state index is 12.9. The van der Waals surface area contributed by atoms with Crippen molar-refractivity contribution < 1.29 is 19.4 Å². The van der Waals surface area contributed by atoms with E-state index in [1.165, 1.54) is 0 Å². The number of hydrogen-bond acceptors (Lipinski definition) is 8. The van der Waals surface area contributed by atoms with Crippen molar-refractivity contribution in [1.82, 2.24) is 9.97 Å². The van der Waals surface area contributed by atoms with Crippen LogP contribution in [-0.2, 0) is 6.42 Å². The van der Waals surface area contributed by atoms with Gasteiger partial charge in [-0.15, -0.1) is 0 Å². The van der Waals surface area contributed by atoms with Crippen LogP contribution < -0.4 is 20.9 Å². The Kier molecular flexibility index (Phi) is 7.17. The number of nitrogens with two attached hydrogens (primary N) is 2. The van der Waals surface area contributed by atoms with Gasteiger partial charge in [0, 0.05) is 17.0 Å². The molecule has 0 saturated carbocycles. The maximum absolute atomic E-state index is 12.9. The topological polar surface area (TPSA) is 134 Å². The van der Waals surface area contributed by atoms with Gasteiger partial charge in [0.15, 0.2) is 17.3 Å². The van der Waals surface area contributed by atoms with Gasteiger partial charge in [0.1, 0.15) is 11.9 Å². The highest BCUT2D eigenvalue weighted by Gasteiger charge is 2.23. The number of aliphatic hydroxyl groups is 1. The molecule has 2 heterocycles. The predicted octanol–water partition coefficient (Wildman–Crippen LogP) is 4.67. The van der Waals surface area contributed by atoms with Crippen LogP contribution in [0.15, 0.2) is 66.7 Å². The van der Waals surface area contributed by atoms with Crippen LogP contribution >= 0.6 is 0 Å². The Hall–Kier alpha value is -4.87. The van der Waals surface area contributed by atoms with Crippen molar-refractivity contribution in [3.8, 4) is 34.5 Å². The minimum absolute atomic E-state index is 0.116. The van der Waals surface area contributed by atoms with E-state index >= 15 is 0 Å². The van der Waals surface area contributed by atoms with E-state index in [-0.39, 0.29) is 30.3 Å². The van der Waals surface area contributed by atoms with Gasteiger partial charge in [-0.05, 0) is 42.2 Å². The monoisotopic (exact) mass is 520 g/mol. The molecule has 0 saturated heterocycles. The molecule has 1 unspecified atom stereocenters. The van der Waals surface area contributed by atoms with E-state index in [2.05, 4.69) is 21.8 Å². The number of fused-ring (bicyclic) bond motifs is 1. The van der Waals surface area contributed by atoms with Crippen molar-refractivity contribution in [3.63, 3.8) is 0 Å². The molecule has 0 aliphatic carbocycles. The molecule has 0 radical (unpaired) electrons. The van der Waals surface area contributed by atoms with Crippen molar-refractivity contribution in [3.05, 3.63) is 94.7 Å². The number of carbonyl (C=O) groups is 1. The minimum atomic E-state index is -1.23. The lowest BCUT2D eigenvalue weighted by atomic mass is 9.93. The first-order valence-electron chi connectivity index (χ1n) is 12.6. The number of ketones is 1. The number of hydrogen-bond donors (Lipinski definition) is 3. The number of nitrogens with zero attached hydrogens (tertiary/aromatic N) is 2. The summed E-state index contributed by atoms with van der Waals surface area (Å²) in [5, 5.41) is 10.5. The second kappa shape index (κ2) is 10.9. The zero-order chi connectivity index (χ0) is 27.5. The summed E-state index contributed by atoms with van der Waals surface area (Å²) in [4.78, 5) is 21.2. The highest BCUT2D eigenvalue weighted by molar-refractivity contribution is 6.00. The number of rotatable bonds is 6. The standard InChI is InChI=1S/C31H28N4O4/c1-3-25-23(30(32)35-31(33)34-25)14-9-18(2)22-15-24(29-26(16-22)38-17-39-29)19-10-12-21(13-11-19)28(37)27(36)20-7-5-4-6-8-20/h4-8,10-13,15-16,18,27,36H,3,17H2,1-2H3,(H4,32,33,34,35)/t18?,27-/m1/s1. The van der Waals surface area contributed by atoms with Crippen molar-refractivity contribution in [2.45, 2.75) is 32.3 Å². The number of ether oxygens (including phenoxy) is 2. The molecule has 0 bridgehead atoms. The molecule has 5 N–H and O–H groups in total. The Balaban J connectivity index is 1.45. The summed E-state index contributed by atoms with van der Waals surface area (Å²) in [7, 11) is 0. The van der Waals surface area contributed by atoms with Crippen LogP contribution in [-0.4, -0.2) is 27.7 Å². The van der Waals surface area contributed by atoms with Gasteiger partial charge in [-0.25, -0.2) is 4.98 Å². The van der Waals surface area contributed by atoms with E-state index in [0.717, 1.165) is 16.7 Å². The van der Waals surface area contributed by atoms with E-state index in [1.807, 2.05) is 44.2 Å². The molecule has 1 aliphatic heterocycles. The fourth-order valence-electron chi connectivity index (χ4n) is 4.46. The summed E-state index contributed by atoms with van der Waals surface area (Å²) in [6, 6.07) is 19.9. The Morgan fingerprint density at radius 2 is 1.77 bits per heavy atom. The van der Waals surface area contributed by atoms with Crippen LogP contribution in [0.5, 0.6) is 11.5 Å². The third-order valence-corrected chi connectivity index (χ3v) is 6.62. The fraction of sp³-hybridized carbons (Fsp3) is 0.194. The third-order valence-electron chi connectivity index (χ3n) is 6.62. The first kappa shape index (κ1) is 25.8. The van der Waals surface area contributed by atoms with E-state index < -0.39 is 6.10 Å². The van der Waals surface area contributed by atoms with Gasteiger partial charge in [-0.2, -0.15) is 4.98 Å². The van der Waals surface area contributed by atoms with Crippen LogP contribution in [0, 0.1) is 11.8 Å². The van der Waals surface area contributed by atoms with Gasteiger partial charge in [-0.1, -0.05) is 73.4 Å². The number of aryl methyl sites for hydroxylation is 1. The highest BCUT2D eigenvalue weighted by atomic mass is 16.7. The Bertz CT molecular complexity index is 1590. The van der Waals surface area contributed by atoms with Gasteiger partial charge in [0.25, 0.3) is 0 Å². The molecular formula is C31H28N4O4. The number of anilines is 2. The molecule has 3 aromatic carbocycles. The summed E-state index contributed by atoms with van der Waals surface area (Å²) in [5.74, 6) is 7.49. The average molecular weight is 521 g/mol. The van der Waals surface area contributed by atoms with Gasteiger partial charge in [0.05, 0.1) is 11.3 Å². The second-order valence-electron chi connectivity index (χ2n) is 9.19. The number of Topliss-reactive ketones (excluding diaryl/α,β-unsaturated/α-hetero) is 1. The first-order chi connectivity index (χ1) is 18.9. The van der Waals surface area contributed by atoms with E-state index in [9.17, 15) is 9.90 Å². The van der Waals surface area contributed by atoms with Gasteiger partial charge >= 0.3 is 0 Å². The smallest absolute Gasteiger partial charge is 0.231 e. The number of nitrogen functional groups attached to an aromatic ring is 2. The Labute approximate surface area is 226 Å². The molecule has 1 aromatic heterocycles. The minimum Gasteiger partial charge on any atom is -0.454 e. The molecule has 4 aromatic rings. The van der Waals surface area contributed by atoms with Crippen molar-refractivity contribution in [2.24, 2.45) is 0 Å². The number of benzene rings is 3. The zero-order valence-electron chi connectivity index (χ0n) is 21.6. The average Bonchev–Trinajstić information content (AvgIpc) is 3.44. The van der Waals surface area contributed by atoms with Crippen molar-refractivity contribution >= 4 is 17.5 Å². The molecule has 39 heavy (non-hydrogen) atoms. The quantitative estimate of drug-likeness (QED) is 0.247. The molecule has 0 amide bonds. The normalized spacial score (nSPS) is 13.3. The molecule has 0 spiro atoms. The van der Waals surface area contributed by atoms with Gasteiger partial charge in [-0.3, -0.25) is 4.79 Å². The fourth-order valence-corrected chi connectivity index (χ4v) is 4.46. The summed E-state index contributed by atoms with van der Waals surface area (Å²) >= 11 is 0. The Morgan fingerprint density at radius 1 is 1.03 bits per heavy atom. The first-order valence-corrected chi connectivity index (χ1v) is 12.6. The summed E-state index contributed by atoms with van der Waals surface area (Å²) < 4.78 is 11.5. The summed E-state index contributed by atoms with van der Waals surface area (Å²) in [6.45, 7) is 4.06. The van der Waals surface area contributed by atoms with E-state index in [4.69, 9.17) is 20.9 Å². The van der Waals surface area contributed by atoms with Crippen LogP contribution in [0.25, 0.3) is 11.1 Å².